The molecule has 0 aromatic heterocycles. The average Bonchev–Trinajstić information content (AvgIpc) is 2.51. The Morgan fingerprint density at radius 1 is 0.750 bits per heavy atom. The third kappa shape index (κ3) is 2.86. The molecular weight excluding hydrogens is 325 g/mol. The summed E-state index contributed by atoms with van der Waals surface area (Å²) in [5, 5.41) is 5.67. The van der Waals surface area contributed by atoms with E-state index in [4.69, 9.17) is 14.3 Å². The zero-order valence-electron chi connectivity index (χ0n) is 12.7. The van der Waals surface area contributed by atoms with Gasteiger partial charge in [-0.05, 0) is 45.1 Å². The third-order valence-electron chi connectivity index (χ3n) is 3.91. The van der Waals surface area contributed by atoms with Gasteiger partial charge in [-0.15, -0.1) is 0 Å². The molecule has 0 saturated heterocycles. The zero-order valence-corrected chi connectivity index (χ0v) is 13.6. The molecule has 4 aromatic rings. The second-order valence-electron chi connectivity index (χ2n) is 5.42. The highest BCUT2D eigenvalue weighted by molar-refractivity contribution is 7.46. The van der Waals surface area contributed by atoms with Crippen molar-refractivity contribution < 1.29 is 18.9 Å². The fraction of sp³-hybridized carbons (Fsp3) is 0. The molecule has 24 heavy (non-hydrogen) atoms. The van der Waals surface area contributed by atoms with Gasteiger partial charge in [0.15, 0.2) is 0 Å². The topological polar surface area (TPSA) is 102 Å². The maximum Gasteiger partial charge on any atom is 0.524 e. The Balaban J connectivity index is 0.00000169. The van der Waals surface area contributed by atoms with Crippen LogP contribution in [0.2, 0.25) is 0 Å². The van der Waals surface area contributed by atoms with Gasteiger partial charge in [0.25, 0.3) is 0 Å². The van der Waals surface area contributed by atoms with E-state index >= 15 is 0 Å². The van der Waals surface area contributed by atoms with E-state index in [1.54, 1.807) is 12.1 Å². The van der Waals surface area contributed by atoms with Crippen molar-refractivity contribution in [2.75, 3.05) is 0 Å². The van der Waals surface area contributed by atoms with Crippen LogP contribution in [0.5, 0.6) is 5.75 Å². The first kappa shape index (κ1) is 16.4. The van der Waals surface area contributed by atoms with Gasteiger partial charge in [-0.2, -0.15) is 0 Å². The van der Waals surface area contributed by atoms with E-state index in [1.807, 2.05) is 48.5 Å². The Morgan fingerprint density at radius 3 is 2.08 bits per heavy atom. The smallest absolute Gasteiger partial charge is 0.404 e. The van der Waals surface area contributed by atoms with Crippen LogP contribution in [0, 0.1) is 0 Å². The van der Waals surface area contributed by atoms with Gasteiger partial charge in [0, 0.05) is 5.39 Å². The van der Waals surface area contributed by atoms with E-state index in [0.29, 0.717) is 5.39 Å². The number of phosphoric acid groups is 1. The number of benzene rings is 4. The summed E-state index contributed by atoms with van der Waals surface area (Å²) in [5.74, 6) is 0.191. The van der Waals surface area contributed by atoms with Crippen LogP contribution in [0.25, 0.3) is 32.3 Å². The fourth-order valence-corrected chi connectivity index (χ4v) is 3.38. The largest absolute Gasteiger partial charge is 0.524 e. The fourth-order valence-electron chi connectivity index (χ4n) is 2.97. The molecule has 122 valence electrons. The molecule has 0 radical (unpaired) electrons. The Labute approximate surface area is 138 Å². The van der Waals surface area contributed by atoms with Crippen molar-refractivity contribution in [1.29, 1.82) is 0 Å². The van der Waals surface area contributed by atoms with E-state index in [0.717, 1.165) is 26.9 Å². The van der Waals surface area contributed by atoms with Crippen molar-refractivity contribution in [3.8, 4) is 5.75 Å². The molecule has 0 heterocycles. The summed E-state index contributed by atoms with van der Waals surface area (Å²) < 4.78 is 16.2. The van der Waals surface area contributed by atoms with E-state index in [1.165, 1.54) is 0 Å². The second-order valence-corrected chi connectivity index (χ2v) is 6.59. The molecule has 0 fully saturated rings. The minimum absolute atomic E-state index is 0. The summed E-state index contributed by atoms with van der Waals surface area (Å²) in [6.45, 7) is 0. The normalized spacial score (nSPS) is 11.6. The predicted molar refractivity (Wildman–Crippen MR) is 96.7 cm³/mol. The van der Waals surface area contributed by atoms with Crippen LogP contribution >= 0.6 is 7.82 Å². The number of rotatable bonds is 2. The lowest BCUT2D eigenvalue weighted by Gasteiger charge is -2.12. The van der Waals surface area contributed by atoms with Crippen LogP contribution in [0.3, 0.4) is 0 Å². The highest BCUT2D eigenvalue weighted by Gasteiger charge is 2.18. The van der Waals surface area contributed by atoms with E-state index < -0.39 is 7.82 Å². The molecule has 0 saturated carbocycles. The standard InChI is InChI=1S/C18H13O4P.H3N/c19-23(20,21)22-17-7-3-6-12-8-9-15-10-13-4-1-2-5-14(13)11-16(15)18(12)17;/h1-11H,(H2,19,20,21);1H3. The molecule has 4 rings (SSSR count). The molecule has 6 heteroatoms. The summed E-state index contributed by atoms with van der Waals surface area (Å²) in [6, 6.07) is 21.2. The Kier molecular flexibility index (Phi) is 4.03. The maximum absolute atomic E-state index is 11.3. The molecule has 4 aromatic carbocycles. The average molecular weight is 341 g/mol. The van der Waals surface area contributed by atoms with Crippen LogP contribution in [-0.2, 0) is 4.57 Å². The van der Waals surface area contributed by atoms with Gasteiger partial charge in [-0.1, -0.05) is 48.5 Å². The van der Waals surface area contributed by atoms with Crippen molar-refractivity contribution in [3.63, 3.8) is 0 Å². The molecular formula is C18H16NO4P. The minimum atomic E-state index is -4.62. The molecule has 0 aliphatic carbocycles. The quantitative estimate of drug-likeness (QED) is 0.277. The number of hydrogen-bond acceptors (Lipinski definition) is 3. The SMILES string of the molecule is N.O=P(O)(O)Oc1cccc2ccc3cc4ccccc4cc3c12. The monoisotopic (exact) mass is 341 g/mol. The number of fused-ring (bicyclic) bond motifs is 4. The van der Waals surface area contributed by atoms with Crippen molar-refractivity contribution in [2.45, 2.75) is 0 Å². The van der Waals surface area contributed by atoms with Gasteiger partial charge < -0.3 is 10.7 Å². The Bertz CT molecular complexity index is 1100. The molecule has 5 N–H and O–H groups in total. The molecule has 0 amide bonds. The summed E-state index contributed by atoms with van der Waals surface area (Å²) in [6.07, 6.45) is 0. The van der Waals surface area contributed by atoms with E-state index in [2.05, 4.69) is 6.07 Å². The van der Waals surface area contributed by atoms with E-state index in [-0.39, 0.29) is 11.9 Å². The van der Waals surface area contributed by atoms with Gasteiger partial charge in [0.05, 0.1) is 0 Å². The summed E-state index contributed by atoms with van der Waals surface area (Å²) in [5.41, 5.74) is 0. The summed E-state index contributed by atoms with van der Waals surface area (Å²) >= 11 is 0. The molecule has 0 aliphatic heterocycles. The van der Waals surface area contributed by atoms with Crippen LogP contribution in [0.1, 0.15) is 0 Å². The van der Waals surface area contributed by atoms with Crippen LogP contribution in [0.4, 0.5) is 0 Å². The summed E-state index contributed by atoms with van der Waals surface area (Å²) in [4.78, 5) is 18.3. The van der Waals surface area contributed by atoms with Crippen molar-refractivity contribution in [1.82, 2.24) is 6.15 Å². The van der Waals surface area contributed by atoms with Crippen LogP contribution in [0.15, 0.2) is 66.7 Å². The minimum Gasteiger partial charge on any atom is -0.404 e. The molecule has 0 unspecified atom stereocenters. The Morgan fingerprint density at radius 2 is 1.38 bits per heavy atom. The van der Waals surface area contributed by atoms with Crippen molar-refractivity contribution >= 4 is 40.1 Å². The highest BCUT2D eigenvalue weighted by atomic mass is 31.2. The zero-order chi connectivity index (χ0) is 16.0. The second kappa shape index (κ2) is 5.89. The first-order valence-electron chi connectivity index (χ1n) is 7.11. The third-order valence-corrected chi connectivity index (χ3v) is 4.34. The van der Waals surface area contributed by atoms with E-state index in [9.17, 15) is 4.57 Å². The van der Waals surface area contributed by atoms with Gasteiger partial charge in [0.2, 0.25) is 0 Å². The van der Waals surface area contributed by atoms with Gasteiger partial charge >= 0.3 is 7.82 Å². The molecule has 5 nitrogen and oxygen atoms in total. The lowest BCUT2D eigenvalue weighted by molar-refractivity contribution is 0.284. The number of hydrogen-bond donors (Lipinski definition) is 3. The maximum atomic E-state index is 11.3. The lowest BCUT2D eigenvalue weighted by Crippen LogP contribution is -1.91. The molecule has 0 atom stereocenters. The van der Waals surface area contributed by atoms with Crippen LogP contribution in [-0.4, -0.2) is 9.79 Å². The van der Waals surface area contributed by atoms with Crippen LogP contribution < -0.4 is 10.7 Å². The summed E-state index contributed by atoms with van der Waals surface area (Å²) in [7, 11) is -4.62. The molecule has 0 spiro atoms. The Hall–Kier alpha value is -2.43. The molecule has 0 bridgehead atoms. The lowest BCUT2D eigenvalue weighted by atomic mass is 9.98. The highest BCUT2D eigenvalue weighted by Crippen LogP contribution is 2.43. The number of phosphoric ester groups is 1. The van der Waals surface area contributed by atoms with Gasteiger partial charge in [-0.3, -0.25) is 9.79 Å². The van der Waals surface area contributed by atoms with Gasteiger partial charge in [0.1, 0.15) is 5.75 Å². The first-order chi connectivity index (χ1) is 11.0. The molecule has 0 aliphatic rings. The van der Waals surface area contributed by atoms with Gasteiger partial charge in [-0.25, -0.2) is 4.57 Å². The van der Waals surface area contributed by atoms with Crippen molar-refractivity contribution in [3.05, 3.63) is 66.7 Å². The predicted octanol–water partition coefficient (Wildman–Crippen LogP) is 4.78. The first-order valence-corrected chi connectivity index (χ1v) is 8.64. The van der Waals surface area contributed by atoms with Crippen molar-refractivity contribution in [2.24, 2.45) is 0 Å².